The van der Waals surface area contributed by atoms with Crippen LogP contribution in [0.2, 0.25) is 0 Å². The standard InChI is InChI=1S/C24H22N6O2.C23H20N6O2.C21H23N7/c1-31-16-10-15(11-17(12-16)32-2)5-9-27-24-28-13-20-18-6-8-25-14-21(18)29-23-19(22(20)30-24)4-3-7-26-23;1-30-15-8-14(9-16(10-15)31-2)11-26-23-27-12-19-17-5-7-24-13-20(17)28-22-18(21(19)29-23)4-3-6-25-22;1-2-11-28(10-1)12-4-8-24-21-25-13-17-15-6-9-22-14-18(15)26-20-16(19(17)27-21)5-3-7-23-20/h3-4,6-8,10-14H,5,9H2,1-2H3,(H,26,29)(H,27,28,30);3-10,12-13H,11H2,1-2H3,(H,25,28)(H,26,27,29);3,5-7,9,13-14H,1-2,4,8,10-12H2,(H,23,26)(H,24,25,27). The molecule has 9 aromatic heterocycles. The summed E-state index contributed by atoms with van der Waals surface area (Å²) in [5.41, 5.74) is 15.9. The number of methoxy groups -OCH3 is 4. The van der Waals surface area contributed by atoms with Crippen molar-refractivity contribution in [2.45, 2.75) is 32.2 Å². The van der Waals surface area contributed by atoms with Crippen LogP contribution in [0, 0.1) is 0 Å². The van der Waals surface area contributed by atoms with Crippen molar-refractivity contribution in [2.24, 2.45) is 0 Å². The Hall–Kier alpha value is -11.5. The van der Waals surface area contributed by atoms with Crippen LogP contribution in [0.4, 0.5) is 52.4 Å². The molecule has 0 atom stereocenters. The van der Waals surface area contributed by atoms with Crippen LogP contribution in [0.5, 0.6) is 23.0 Å². The van der Waals surface area contributed by atoms with Crippen LogP contribution in [0.1, 0.15) is 30.4 Å². The Labute approximate surface area is 525 Å². The van der Waals surface area contributed by atoms with Crippen molar-refractivity contribution in [1.29, 1.82) is 0 Å². The van der Waals surface area contributed by atoms with E-state index >= 15 is 0 Å². The molecule has 0 amide bonds. The molecule has 0 aliphatic carbocycles. The highest BCUT2D eigenvalue weighted by atomic mass is 16.5. The highest BCUT2D eigenvalue weighted by Gasteiger charge is 2.26. The van der Waals surface area contributed by atoms with Gasteiger partial charge in [-0.2, -0.15) is 0 Å². The van der Waals surface area contributed by atoms with Crippen molar-refractivity contribution in [1.82, 2.24) is 64.7 Å². The first-order chi connectivity index (χ1) is 44.9. The number of likely N-dealkylation sites (tertiary alicyclic amines) is 1. The van der Waals surface area contributed by atoms with Gasteiger partial charge in [0, 0.05) is 138 Å². The third-order valence-electron chi connectivity index (χ3n) is 15.8. The summed E-state index contributed by atoms with van der Waals surface area (Å²) in [7, 11) is 6.56. The van der Waals surface area contributed by atoms with E-state index in [0.29, 0.717) is 30.9 Å². The van der Waals surface area contributed by atoms with E-state index in [4.69, 9.17) is 33.9 Å². The van der Waals surface area contributed by atoms with Crippen molar-refractivity contribution >= 4 is 52.4 Å². The summed E-state index contributed by atoms with van der Waals surface area (Å²) in [5, 5.41) is 20.1. The molecule has 11 aromatic rings. The van der Waals surface area contributed by atoms with Crippen LogP contribution in [0.3, 0.4) is 0 Å². The lowest BCUT2D eigenvalue weighted by atomic mass is 10.0. The molecule has 6 N–H and O–H groups in total. The molecule has 0 saturated carbocycles. The fourth-order valence-corrected chi connectivity index (χ4v) is 11.3. The average molecular weight is 1210 g/mol. The summed E-state index contributed by atoms with van der Waals surface area (Å²) in [6, 6.07) is 29.3. The number of anilines is 9. The molecule has 0 bridgehead atoms. The SMILES string of the molecule is COc1cc(CCNc2ncc3c(n2)-c2cccnc2Nc2cnccc2-3)cc(OC)c1.COc1cc(CNc2ncc3c(n2)-c2cccnc2Nc2cnccc2-3)cc(OC)c1.c1cnc2c(c1)-c1nc(NCCCN3CCCC3)ncc1-c1ccncc1N2. The van der Waals surface area contributed by atoms with Gasteiger partial charge in [0.15, 0.2) is 0 Å². The van der Waals surface area contributed by atoms with Gasteiger partial charge in [0.2, 0.25) is 17.8 Å². The maximum absolute atomic E-state index is 5.36. The summed E-state index contributed by atoms with van der Waals surface area (Å²) in [5.74, 6) is 7.01. The molecule has 4 aliphatic heterocycles. The second kappa shape index (κ2) is 27.3. The zero-order chi connectivity index (χ0) is 61.9. The lowest BCUT2D eigenvalue weighted by Crippen LogP contribution is -2.22. The molecule has 0 radical (unpaired) electrons. The lowest BCUT2D eigenvalue weighted by molar-refractivity contribution is 0.337. The number of nitrogens with zero attached hydrogens (tertiary/aromatic N) is 13. The molecular formula is C68H65N19O4. The first-order valence-electron chi connectivity index (χ1n) is 29.9. The van der Waals surface area contributed by atoms with Gasteiger partial charge in [-0.1, -0.05) is 0 Å². The number of nitrogens with one attached hydrogen (secondary N) is 6. The Morgan fingerprint density at radius 1 is 0.407 bits per heavy atom. The minimum absolute atomic E-state index is 0.519. The van der Waals surface area contributed by atoms with Crippen LogP contribution in [0.25, 0.3) is 67.2 Å². The van der Waals surface area contributed by atoms with Crippen molar-refractivity contribution in [3.05, 3.63) is 176 Å². The Kier molecular flexibility index (Phi) is 17.6. The van der Waals surface area contributed by atoms with Crippen molar-refractivity contribution < 1.29 is 18.9 Å². The number of pyridine rings is 6. The van der Waals surface area contributed by atoms with Gasteiger partial charge >= 0.3 is 0 Å². The van der Waals surface area contributed by atoms with Crippen LogP contribution in [-0.4, -0.2) is 126 Å². The Bertz CT molecular complexity index is 4350. The predicted molar refractivity (Wildman–Crippen MR) is 353 cm³/mol. The molecule has 15 rings (SSSR count). The molecule has 0 unspecified atom stereocenters. The third-order valence-corrected chi connectivity index (χ3v) is 15.8. The first kappa shape index (κ1) is 58.6. The maximum Gasteiger partial charge on any atom is 0.223 e. The van der Waals surface area contributed by atoms with Crippen LogP contribution < -0.4 is 50.8 Å². The number of ether oxygens (including phenoxy) is 4. The number of aromatic nitrogens is 12. The maximum atomic E-state index is 5.36. The Morgan fingerprint density at radius 2 is 0.802 bits per heavy atom. The fourth-order valence-electron chi connectivity index (χ4n) is 11.3. The molecule has 2 aromatic carbocycles. The van der Waals surface area contributed by atoms with Gasteiger partial charge in [0.1, 0.15) is 40.5 Å². The fraction of sp³-hybridized carbons (Fsp3) is 0.206. The summed E-state index contributed by atoms with van der Waals surface area (Å²) in [4.78, 5) is 56.9. The quantitative estimate of drug-likeness (QED) is 0.0491. The number of rotatable bonds is 16. The van der Waals surface area contributed by atoms with E-state index in [2.05, 4.69) is 81.7 Å². The van der Waals surface area contributed by atoms with Crippen LogP contribution in [-0.2, 0) is 13.0 Å². The smallest absolute Gasteiger partial charge is 0.223 e. The summed E-state index contributed by atoms with van der Waals surface area (Å²) in [6.07, 6.45) is 26.1. The normalized spacial score (nSPS) is 12.5. The van der Waals surface area contributed by atoms with Crippen molar-refractivity contribution in [2.75, 3.05) is 93.1 Å². The second-order valence-corrected chi connectivity index (χ2v) is 21.5. The van der Waals surface area contributed by atoms with Crippen LogP contribution in [0.15, 0.2) is 165 Å². The molecule has 456 valence electrons. The zero-order valence-electron chi connectivity index (χ0n) is 50.6. The monoisotopic (exact) mass is 1210 g/mol. The van der Waals surface area contributed by atoms with Crippen molar-refractivity contribution in [3.63, 3.8) is 0 Å². The highest BCUT2D eigenvalue weighted by Crippen LogP contribution is 2.45. The van der Waals surface area contributed by atoms with Gasteiger partial charge in [-0.15, -0.1) is 0 Å². The van der Waals surface area contributed by atoms with E-state index in [0.717, 1.165) is 162 Å². The first-order valence-corrected chi connectivity index (χ1v) is 29.9. The molecule has 1 fully saturated rings. The number of benzene rings is 2. The molecule has 23 nitrogen and oxygen atoms in total. The van der Waals surface area contributed by atoms with Crippen molar-refractivity contribution in [3.8, 4) is 90.2 Å². The van der Waals surface area contributed by atoms with Gasteiger partial charge in [0.25, 0.3) is 0 Å². The molecule has 91 heavy (non-hydrogen) atoms. The highest BCUT2D eigenvalue weighted by molar-refractivity contribution is 5.98. The number of fused-ring (bicyclic) bond motifs is 15. The largest absolute Gasteiger partial charge is 0.497 e. The molecule has 13 heterocycles. The van der Waals surface area contributed by atoms with Gasteiger partial charge in [-0.3, -0.25) is 15.0 Å². The van der Waals surface area contributed by atoms with E-state index in [9.17, 15) is 0 Å². The van der Waals surface area contributed by atoms with E-state index in [1.807, 2.05) is 116 Å². The minimum Gasteiger partial charge on any atom is -0.497 e. The van der Waals surface area contributed by atoms with E-state index in [-0.39, 0.29) is 0 Å². The minimum atomic E-state index is 0.519. The van der Waals surface area contributed by atoms with E-state index in [1.165, 1.54) is 25.9 Å². The molecule has 0 spiro atoms. The third kappa shape index (κ3) is 13.2. The van der Waals surface area contributed by atoms with Gasteiger partial charge in [-0.05, 0) is 135 Å². The molecule has 23 heteroatoms. The summed E-state index contributed by atoms with van der Waals surface area (Å²) < 4.78 is 21.4. The van der Waals surface area contributed by atoms with E-state index < -0.39 is 0 Å². The zero-order valence-corrected chi connectivity index (χ0v) is 50.6. The second-order valence-electron chi connectivity index (χ2n) is 21.5. The predicted octanol–water partition coefficient (Wildman–Crippen LogP) is 12.2. The average Bonchev–Trinajstić information content (AvgIpc) is 1.78. The number of hydrogen-bond donors (Lipinski definition) is 6. The van der Waals surface area contributed by atoms with Gasteiger partial charge in [-0.25, -0.2) is 44.9 Å². The van der Waals surface area contributed by atoms with Gasteiger partial charge in [0.05, 0.1) is 81.2 Å². The lowest BCUT2D eigenvalue weighted by Gasteiger charge is -2.15. The topological polar surface area (TPSA) is 267 Å². The molecule has 4 aliphatic rings. The summed E-state index contributed by atoms with van der Waals surface area (Å²) >= 11 is 0. The molecular weight excluding hydrogens is 1150 g/mol. The number of hydrogen-bond acceptors (Lipinski definition) is 23. The Balaban J connectivity index is 0.000000125. The summed E-state index contributed by atoms with van der Waals surface area (Å²) in [6.45, 7) is 5.66. The Morgan fingerprint density at radius 3 is 1.22 bits per heavy atom. The van der Waals surface area contributed by atoms with E-state index in [1.54, 1.807) is 78.0 Å². The van der Waals surface area contributed by atoms with Gasteiger partial charge < -0.3 is 55.7 Å². The molecule has 1 saturated heterocycles. The van der Waals surface area contributed by atoms with Crippen LogP contribution >= 0.6 is 0 Å².